The van der Waals surface area contributed by atoms with E-state index in [0.717, 1.165) is 64.1 Å². The number of amides is 4. The minimum Gasteiger partial charge on any atom is -0.480 e. The number of carbonyl (C=O) groups excluding carboxylic acids is 6. The number of nitrogens with one attached hydrogen (secondary N) is 4. The van der Waals surface area contributed by atoms with Gasteiger partial charge in [0.15, 0.2) is 0 Å². The van der Waals surface area contributed by atoms with Crippen LogP contribution in [-0.2, 0) is 43.2 Å². The van der Waals surface area contributed by atoms with E-state index in [-0.39, 0.29) is 32.2 Å². The van der Waals surface area contributed by atoms with Crippen LogP contribution < -0.4 is 21.3 Å². The molecule has 0 saturated heterocycles. The molecule has 1 unspecified atom stereocenters. The molecule has 0 aliphatic rings. The van der Waals surface area contributed by atoms with Crippen molar-refractivity contribution in [2.75, 3.05) is 6.54 Å². The predicted molar refractivity (Wildman–Crippen MR) is 167 cm³/mol. The van der Waals surface area contributed by atoms with Gasteiger partial charge in [-0.3, -0.25) is 19.2 Å². The van der Waals surface area contributed by atoms with Crippen molar-refractivity contribution in [1.29, 1.82) is 0 Å². The molecule has 3 atom stereocenters. The minimum atomic E-state index is -1.53. The smallest absolute Gasteiger partial charge is 0.326 e. The van der Waals surface area contributed by atoms with Crippen molar-refractivity contribution in [3.05, 3.63) is 0 Å². The molecule has 0 bridgehead atoms. The Morgan fingerprint density at radius 3 is 1.15 bits per heavy atom. The second kappa shape index (κ2) is 26.8. The zero-order valence-electron chi connectivity index (χ0n) is 26.8. The van der Waals surface area contributed by atoms with Crippen LogP contribution in [0.15, 0.2) is 0 Å². The van der Waals surface area contributed by atoms with E-state index in [2.05, 4.69) is 21.3 Å². The van der Waals surface area contributed by atoms with Crippen LogP contribution in [0.4, 0.5) is 0 Å². The number of carbonyl (C=O) groups is 9. The summed E-state index contributed by atoms with van der Waals surface area (Å²) >= 11 is 0. The van der Waals surface area contributed by atoms with Crippen molar-refractivity contribution in [2.45, 2.75) is 134 Å². The van der Waals surface area contributed by atoms with E-state index in [1.54, 1.807) is 0 Å². The second-order valence-corrected chi connectivity index (χ2v) is 11.2. The highest BCUT2D eigenvalue weighted by molar-refractivity contribution is 5.87. The van der Waals surface area contributed by atoms with Gasteiger partial charge in [0, 0.05) is 32.1 Å². The fourth-order valence-corrected chi connectivity index (χ4v) is 4.57. The number of aliphatic carboxylic acids is 3. The molecule has 0 aliphatic carbocycles. The summed E-state index contributed by atoms with van der Waals surface area (Å²) in [5.74, 6) is -6.96. The van der Waals surface area contributed by atoms with Gasteiger partial charge in [0.25, 0.3) is 0 Å². The molecule has 16 heteroatoms. The lowest BCUT2D eigenvalue weighted by molar-refractivity contribution is -0.144. The molecule has 0 aromatic rings. The zero-order chi connectivity index (χ0) is 35.5. The molecular weight excluding hydrogens is 620 g/mol. The number of hydrogen-bond donors (Lipinski definition) is 7. The Morgan fingerprint density at radius 2 is 0.787 bits per heavy atom. The van der Waals surface area contributed by atoms with Gasteiger partial charge in [-0.2, -0.15) is 0 Å². The molecule has 0 radical (unpaired) electrons. The summed E-state index contributed by atoms with van der Waals surface area (Å²) < 4.78 is 0. The summed E-state index contributed by atoms with van der Waals surface area (Å²) in [6.45, 7) is -0.245. The Bertz CT molecular complexity index is 1040. The van der Waals surface area contributed by atoms with E-state index in [1.807, 2.05) is 0 Å². The van der Waals surface area contributed by atoms with E-state index in [4.69, 9.17) is 0 Å². The third-order valence-electron chi connectivity index (χ3n) is 7.24. The Balaban J connectivity index is 4.47. The SMILES string of the molecule is O=CCCCCCCCCCCCCC(=O)N[C@@H](CCC(=O)NC(CCC(=O)N[C@@H](CCC(=O)NCC=O)C(=O)O)C(=O)O)C(=O)O. The highest BCUT2D eigenvalue weighted by atomic mass is 16.4. The lowest BCUT2D eigenvalue weighted by atomic mass is 10.0. The summed E-state index contributed by atoms with van der Waals surface area (Å²) in [6.07, 6.45) is 9.84. The first-order chi connectivity index (χ1) is 22.4. The Labute approximate surface area is 274 Å². The topological polar surface area (TPSA) is 262 Å². The Morgan fingerprint density at radius 1 is 0.447 bits per heavy atom. The normalized spacial score (nSPS) is 12.5. The van der Waals surface area contributed by atoms with Crippen LogP contribution in [-0.4, -0.2) is 94.1 Å². The van der Waals surface area contributed by atoms with E-state index < -0.39 is 78.9 Å². The molecule has 47 heavy (non-hydrogen) atoms. The molecular formula is C31H50N4O12. The van der Waals surface area contributed by atoms with E-state index in [0.29, 0.717) is 19.1 Å². The molecule has 16 nitrogen and oxygen atoms in total. The molecule has 0 spiro atoms. The standard InChI is InChI=1S/C31H50N4O12/c36-20-11-9-7-5-3-1-2-4-6-8-10-12-26(39)33-23(30(44)45)14-17-28(41)35-24(31(46)47)15-18-27(40)34-22(29(42)43)13-16-25(38)32-19-21-37/h20-24H,1-19H2,(H,32,38)(H,33,39)(H,34,40)(H,35,41)(H,42,43)(H,44,45)(H,46,47)/t22-,23-,24?/m0/s1. The van der Waals surface area contributed by atoms with E-state index in [1.165, 1.54) is 0 Å². The molecule has 0 heterocycles. The number of aldehydes is 2. The van der Waals surface area contributed by atoms with Crippen LogP contribution in [0, 0.1) is 0 Å². The van der Waals surface area contributed by atoms with Crippen LogP contribution in [0.3, 0.4) is 0 Å². The molecule has 0 fully saturated rings. The largest absolute Gasteiger partial charge is 0.480 e. The monoisotopic (exact) mass is 670 g/mol. The molecule has 0 aromatic heterocycles. The van der Waals surface area contributed by atoms with Crippen molar-refractivity contribution in [3.8, 4) is 0 Å². The van der Waals surface area contributed by atoms with Crippen LogP contribution in [0.1, 0.15) is 116 Å². The zero-order valence-corrected chi connectivity index (χ0v) is 26.8. The van der Waals surface area contributed by atoms with Gasteiger partial charge in [-0.05, 0) is 32.1 Å². The minimum absolute atomic E-state index is 0.131. The molecule has 0 rings (SSSR count). The fraction of sp³-hybridized carbons (Fsp3) is 0.710. The first-order valence-electron chi connectivity index (χ1n) is 16.1. The maximum atomic E-state index is 12.4. The van der Waals surface area contributed by atoms with E-state index in [9.17, 15) is 58.5 Å². The quantitative estimate of drug-likeness (QED) is 0.0420. The number of carboxylic acids is 3. The van der Waals surface area contributed by atoms with Crippen molar-refractivity contribution in [3.63, 3.8) is 0 Å². The molecule has 0 aromatic carbocycles. The molecule has 4 amide bonds. The number of carboxylic acid groups (broad SMARTS) is 3. The maximum Gasteiger partial charge on any atom is 0.326 e. The highest BCUT2D eigenvalue weighted by Crippen LogP contribution is 2.12. The van der Waals surface area contributed by atoms with Crippen molar-refractivity contribution in [2.24, 2.45) is 0 Å². The van der Waals surface area contributed by atoms with E-state index >= 15 is 0 Å². The summed E-state index contributed by atoms with van der Waals surface area (Å²) in [7, 11) is 0. The third kappa shape index (κ3) is 23.6. The Hall–Kier alpha value is -4.37. The first-order valence-corrected chi connectivity index (χ1v) is 16.1. The van der Waals surface area contributed by atoms with Crippen molar-refractivity contribution in [1.82, 2.24) is 21.3 Å². The summed E-state index contributed by atoms with van der Waals surface area (Å²) in [5.41, 5.74) is 0. The van der Waals surface area contributed by atoms with Gasteiger partial charge in [-0.15, -0.1) is 0 Å². The lowest BCUT2D eigenvalue weighted by Gasteiger charge is -2.18. The van der Waals surface area contributed by atoms with Crippen LogP contribution in [0.2, 0.25) is 0 Å². The lowest BCUT2D eigenvalue weighted by Crippen LogP contribution is -2.45. The van der Waals surface area contributed by atoms with Crippen LogP contribution in [0.25, 0.3) is 0 Å². The highest BCUT2D eigenvalue weighted by Gasteiger charge is 2.26. The van der Waals surface area contributed by atoms with Crippen LogP contribution >= 0.6 is 0 Å². The first kappa shape index (κ1) is 42.6. The summed E-state index contributed by atoms with van der Waals surface area (Å²) in [5, 5.41) is 37.2. The van der Waals surface area contributed by atoms with Gasteiger partial charge in [-0.1, -0.05) is 51.4 Å². The van der Waals surface area contributed by atoms with Crippen molar-refractivity contribution < 1.29 is 58.5 Å². The van der Waals surface area contributed by atoms with Crippen LogP contribution in [0.5, 0.6) is 0 Å². The maximum absolute atomic E-state index is 12.4. The van der Waals surface area contributed by atoms with Crippen molar-refractivity contribution >= 4 is 54.1 Å². The number of unbranched alkanes of at least 4 members (excludes halogenated alkanes) is 10. The van der Waals surface area contributed by atoms with Gasteiger partial charge in [0.2, 0.25) is 23.6 Å². The van der Waals surface area contributed by atoms with Gasteiger partial charge in [0.1, 0.15) is 30.7 Å². The third-order valence-corrected chi connectivity index (χ3v) is 7.24. The average molecular weight is 671 g/mol. The molecule has 7 N–H and O–H groups in total. The van der Waals surface area contributed by atoms with Gasteiger partial charge in [0.05, 0.1) is 6.54 Å². The average Bonchev–Trinajstić information content (AvgIpc) is 3.02. The van der Waals surface area contributed by atoms with Gasteiger partial charge < -0.3 is 46.2 Å². The second-order valence-electron chi connectivity index (χ2n) is 11.2. The molecule has 0 saturated carbocycles. The summed E-state index contributed by atoms with van der Waals surface area (Å²) in [6, 6.07) is -4.34. The Kier molecular flexibility index (Phi) is 24.3. The van der Waals surface area contributed by atoms with Gasteiger partial charge in [-0.25, -0.2) is 14.4 Å². The molecule has 0 aliphatic heterocycles. The molecule has 266 valence electrons. The number of rotatable bonds is 30. The number of hydrogen-bond acceptors (Lipinski definition) is 9. The summed E-state index contributed by atoms with van der Waals surface area (Å²) in [4.78, 5) is 104. The predicted octanol–water partition coefficient (Wildman–Crippen LogP) is 1.23. The van der Waals surface area contributed by atoms with Gasteiger partial charge >= 0.3 is 17.9 Å². The fourth-order valence-electron chi connectivity index (χ4n) is 4.57.